The molecule has 0 aliphatic carbocycles. The van der Waals surface area contributed by atoms with Crippen LogP contribution in [0.4, 0.5) is 10.1 Å². The molecule has 0 aliphatic heterocycles. The van der Waals surface area contributed by atoms with E-state index in [9.17, 15) is 9.18 Å². The Morgan fingerprint density at radius 2 is 1.76 bits per heavy atom. The van der Waals surface area contributed by atoms with Crippen molar-refractivity contribution in [2.75, 3.05) is 11.4 Å². The Kier molecular flexibility index (Phi) is 4.93. The molecule has 0 spiro atoms. The largest absolute Gasteiger partial charge is 0.481 e. The summed E-state index contributed by atoms with van der Waals surface area (Å²) in [6, 6.07) is 15.1. The highest BCUT2D eigenvalue weighted by Gasteiger charge is 2.22. The Bertz CT molecular complexity index is 583. The minimum absolute atomic E-state index is 0.131. The fourth-order valence-electron chi connectivity index (χ4n) is 2.06. The summed E-state index contributed by atoms with van der Waals surface area (Å²) in [5.41, 5.74) is 0.833. The summed E-state index contributed by atoms with van der Waals surface area (Å²) in [4.78, 5) is 14.1. The van der Waals surface area contributed by atoms with Gasteiger partial charge in [-0.15, -0.1) is 0 Å². The molecule has 0 unspecified atom stereocenters. The number of rotatable bonds is 5. The average Bonchev–Trinajstić information content (AvgIpc) is 2.51. The van der Waals surface area contributed by atoms with E-state index < -0.39 is 6.10 Å². The van der Waals surface area contributed by atoms with Crippen LogP contribution in [-0.4, -0.2) is 18.6 Å². The van der Waals surface area contributed by atoms with Crippen molar-refractivity contribution in [3.05, 3.63) is 60.4 Å². The predicted octanol–water partition coefficient (Wildman–Crippen LogP) is 3.65. The Labute approximate surface area is 124 Å². The minimum Gasteiger partial charge on any atom is -0.481 e. The smallest absolute Gasteiger partial charge is 0.267 e. The van der Waals surface area contributed by atoms with Gasteiger partial charge in [-0.1, -0.05) is 18.2 Å². The number of nitrogens with zero attached hydrogens (tertiary/aromatic N) is 1. The van der Waals surface area contributed by atoms with Gasteiger partial charge >= 0.3 is 0 Å². The zero-order chi connectivity index (χ0) is 15.2. The SMILES string of the molecule is CCN(C(=O)[C@@H](C)Oc1ccc(F)cc1)c1ccccc1. The Morgan fingerprint density at radius 1 is 1.14 bits per heavy atom. The van der Waals surface area contributed by atoms with Gasteiger partial charge in [0, 0.05) is 12.2 Å². The van der Waals surface area contributed by atoms with E-state index >= 15 is 0 Å². The molecule has 0 radical (unpaired) electrons. The summed E-state index contributed by atoms with van der Waals surface area (Å²) in [5, 5.41) is 0. The van der Waals surface area contributed by atoms with Gasteiger partial charge in [-0.3, -0.25) is 4.79 Å². The second-order valence-corrected chi connectivity index (χ2v) is 4.63. The van der Waals surface area contributed by atoms with Crippen LogP contribution in [0.5, 0.6) is 5.75 Å². The minimum atomic E-state index is -0.643. The van der Waals surface area contributed by atoms with Crippen LogP contribution in [0.1, 0.15) is 13.8 Å². The Morgan fingerprint density at radius 3 is 2.33 bits per heavy atom. The number of amides is 1. The van der Waals surface area contributed by atoms with Crippen LogP contribution in [0.2, 0.25) is 0 Å². The summed E-state index contributed by atoms with van der Waals surface area (Å²) >= 11 is 0. The van der Waals surface area contributed by atoms with Gasteiger partial charge in [-0.05, 0) is 50.2 Å². The first-order chi connectivity index (χ1) is 10.1. The number of hydrogen-bond acceptors (Lipinski definition) is 2. The topological polar surface area (TPSA) is 29.5 Å². The molecule has 0 N–H and O–H groups in total. The van der Waals surface area contributed by atoms with Crippen molar-refractivity contribution in [2.24, 2.45) is 0 Å². The molecular formula is C17H18FNO2. The molecule has 1 amide bonds. The molecule has 0 heterocycles. The van der Waals surface area contributed by atoms with Gasteiger partial charge in [0.25, 0.3) is 5.91 Å². The van der Waals surface area contributed by atoms with Crippen molar-refractivity contribution < 1.29 is 13.9 Å². The van der Waals surface area contributed by atoms with Crippen molar-refractivity contribution in [2.45, 2.75) is 20.0 Å². The van der Waals surface area contributed by atoms with Crippen LogP contribution in [0.3, 0.4) is 0 Å². The summed E-state index contributed by atoms with van der Waals surface area (Å²) in [7, 11) is 0. The lowest BCUT2D eigenvalue weighted by Crippen LogP contribution is -2.40. The maximum Gasteiger partial charge on any atom is 0.267 e. The second kappa shape index (κ2) is 6.88. The van der Waals surface area contributed by atoms with Gasteiger partial charge in [-0.2, -0.15) is 0 Å². The van der Waals surface area contributed by atoms with Crippen molar-refractivity contribution in [3.8, 4) is 5.75 Å². The lowest BCUT2D eigenvalue weighted by atomic mass is 10.2. The molecule has 2 rings (SSSR count). The van der Waals surface area contributed by atoms with Crippen LogP contribution >= 0.6 is 0 Å². The molecule has 0 saturated heterocycles. The molecular weight excluding hydrogens is 269 g/mol. The lowest BCUT2D eigenvalue weighted by Gasteiger charge is -2.25. The van der Waals surface area contributed by atoms with E-state index in [0.29, 0.717) is 12.3 Å². The Balaban J connectivity index is 2.08. The van der Waals surface area contributed by atoms with Crippen LogP contribution in [0.15, 0.2) is 54.6 Å². The standard InChI is InChI=1S/C17H18FNO2/c1-3-19(15-7-5-4-6-8-15)17(20)13(2)21-16-11-9-14(18)10-12-16/h4-13H,3H2,1-2H3/t13-/m1/s1. The molecule has 1 atom stereocenters. The van der Waals surface area contributed by atoms with Gasteiger partial charge in [0.15, 0.2) is 6.10 Å². The number of ether oxygens (including phenoxy) is 1. The molecule has 3 nitrogen and oxygen atoms in total. The fourth-order valence-corrected chi connectivity index (χ4v) is 2.06. The third kappa shape index (κ3) is 3.81. The van der Waals surface area contributed by atoms with E-state index in [1.807, 2.05) is 37.3 Å². The summed E-state index contributed by atoms with van der Waals surface area (Å²) in [6.45, 7) is 4.16. The van der Waals surface area contributed by atoms with E-state index in [1.165, 1.54) is 24.3 Å². The van der Waals surface area contributed by atoms with Crippen LogP contribution in [0.25, 0.3) is 0 Å². The van der Waals surface area contributed by atoms with Crippen LogP contribution in [-0.2, 0) is 4.79 Å². The lowest BCUT2D eigenvalue weighted by molar-refractivity contribution is -0.124. The third-order valence-electron chi connectivity index (χ3n) is 3.12. The van der Waals surface area contributed by atoms with E-state index in [4.69, 9.17) is 4.74 Å². The monoisotopic (exact) mass is 287 g/mol. The number of hydrogen-bond donors (Lipinski definition) is 0. The summed E-state index contributed by atoms with van der Waals surface area (Å²) in [6.07, 6.45) is -0.643. The first kappa shape index (κ1) is 15.0. The van der Waals surface area contributed by atoms with Gasteiger partial charge < -0.3 is 9.64 Å². The van der Waals surface area contributed by atoms with E-state index in [-0.39, 0.29) is 11.7 Å². The van der Waals surface area contributed by atoms with Crippen molar-refractivity contribution in [1.29, 1.82) is 0 Å². The number of carbonyl (C=O) groups excluding carboxylic acids is 1. The summed E-state index contributed by atoms with van der Waals surface area (Å²) < 4.78 is 18.4. The maximum atomic E-state index is 12.9. The Hall–Kier alpha value is -2.36. The highest BCUT2D eigenvalue weighted by atomic mass is 19.1. The van der Waals surface area contributed by atoms with E-state index in [2.05, 4.69) is 0 Å². The van der Waals surface area contributed by atoms with Gasteiger partial charge in [-0.25, -0.2) is 4.39 Å². The normalized spacial score (nSPS) is 11.8. The molecule has 2 aromatic rings. The van der Waals surface area contributed by atoms with Crippen LogP contribution in [0, 0.1) is 5.82 Å². The zero-order valence-electron chi connectivity index (χ0n) is 12.1. The number of para-hydroxylation sites is 1. The summed E-state index contributed by atoms with van der Waals surface area (Å²) in [5.74, 6) is 0.00943. The maximum absolute atomic E-state index is 12.9. The number of likely N-dealkylation sites (N-methyl/N-ethyl adjacent to an activating group) is 1. The van der Waals surface area contributed by atoms with Crippen molar-refractivity contribution >= 4 is 11.6 Å². The van der Waals surface area contributed by atoms with Gasteiger partial charge in [0.2, 0.25) is 0 Å². The molecule has 0 aliphatic rings. The quantitative estimate of drug-likeness (QED) is 0.840. The highest BCUT2D eigenvalue weighted by Crippen LogP contribution is 2.17. The molecule has 110 valence electrons. The predicted molar refractivity (Wildman–Crippen MR) is 81.0 cm³/mol. The molecule has 0 fully saturated rings. The zero-order valence-corrected chi connectivity index (χ0v) is 12.1. The number of benzene rings is 2. The third-order valence-corrected chi connectivity index (χ3v) is 3.12. The number of anilines is 1. The molecule has 2 aromatic carbocycles. The van der Waals surface area contributed by atoms with Crippen molar-refractivity contribution in [1.82, 2.24) is 0 Å². The van der Waals surface area contributed by atoms with Crippen molar-refractivity contribution in [3.63, 3.8) is 0 Å². The number of halogens is 1. The van der Waals surface area contributed by atoms with E-state index in [0.717, 1.165) is 5.69 Å². The molecule has 0 bridgehead atoms. The average molecular weight is 287 g/mol. The number of carbonyl (C=O) groups is 1. The molecule has 4 heteroatoms. The fraction of sp³-hybridized carbons (Fsp3) is 0.235. The highest BCUT2D eigenvalue weighted by molar-refractivity contribution is 5.96. The molecule has 21 heavy (non-hydrogen) atoms. The first-order valence-electron chi connectivity index (χ1n) is 6.90. The molecule has 0 saturated carbocycles. The van der Waals surface area contributed by atoms with Crippen LogP contribution < -0.4 is 9.64 Å². The van der Waals surface area contributed by atoms with Gasteiger partial charge in [0.05, 0.1) is 0 Å². The van der Waals surface area contributed by atoms with E-state index in [1.54, 1.807) is 11.8 Å². The molecule has 0 aromatic heterocycles. The first-order valence-corrected chi connectivity index (χ1v) is 6.90. The second-order valence-electron chi connectivity index (χ2n) is 4.63. The van der Waals surface area contributed by atoms with Gasteiger partial charge in [0.1, 0.15) is 11.6 Å².